The molecule has 0 unspecified atom stereocenters. The Morgan fingerprint density at radius 1 is 1.47 bits per heavy atom. The lowest BCUT2D eigenvalue weighted by molar-refractivity contribution is 0.102. The van der Waals surface area contributed by atoms with Gasteiger partial charge in [0.05, 0.1) is 10.7 Å². The number of rotatable bonds is 2. The average molecular weight is 320 g/mol. The Hall–Kier alpha value is -1.62. The summed E-state index contributed by atoms with van der Waals surface area (Å²) < 4.78 is 2.35. The van der Waals surface area contributed by atoms with Crippen LogP contribution in [0.5, 0.6) is 0 Å². The van der Waals surface area contributed by atoms with Gasteiger partial charge in [-0.05, 0) is 40.4 Å². The Labute approximate surface area is 119 Å². The third-order valence-corrected chi connectivity index (χ3v) is 4.03. The Kier molecular flexibility index (Phi) is 3.14. The van der Waals surface area contributed by atoms with Crippen molar-refractivity contribution >= 4 is 27.4 Å². The maximum atomic E-state index is 12.7. The van der Waals surface area contributed by atoms with Crippen molar-refractivity contribution in [3.8, 4) is 0 Å². The zero-order valence-corrected chi connectivity index (χ0v) is 12.2. The number of carbonyl (C=O) groups is 1. The van der Waals surface area contributed by atoms with Crippen LogP contribution >= 0.6 is 15.9 Å². The van der Waals surface area contributed by atoms with Gasteiger partial charge >= 0.3 is 0 Å². The van der Waals surface area contributed by atoms with Crippen LogP contribution in [-0.4, -0.2) is 22.1 Å². The van der Waals surface area contributed by atoms with Crippen molar-refractivity contribution in [2.24, 2.45) is 7.05 Å². The molecule has 0 atom stereocenters. The van der Waals surface area contributed by atoms with E-state index in [0.29, 0.717) is 5.69 Å². The molecule has 0 radical (unpaired) electrons. The van der Waals surface area contributed by atoms with Gasteiger partial charge < -0.3 is 5.32 Å². The van der Waals surface area contributed by atoms with E-state index in [1.54, 1.807) is 17.9 Å². The molecule has 0 fully saturated rings. The van der Waals surface area contributed by atoms with Gasteiger partial charge in [0.2, 0.25) is 5.78 Å². The molecule has 1 aliphatic rings. The van der Waals surface area contributed by atoms with Crippen LogP contribution in [0.15, 0.2) is 28.9 Å². The number of nitrogens with one attached hydrogen (secondary N) is 1. The standard InChI is InChI=1S/C14H14BrN3O/c1-18-13(11(15)8-17-18)14(19)10-4-2-6-12-9(10)5-3-7-16-12/h2,4,6,8,16H,3,5,7H2,1H3. The molecule has 1 aliphatic heterocycles. The third kappa shape index (κ3) is 2.08. The van der Waals surface area contributed by atoms with E-state index in [1.165, 1.54) is 0 Å². The van der Waals surface area contributed by atoms with Gasteiger partial charge in [0.15, 0.2) is 0 Å². The van der Waals surface area contributed by atoms with Crippen LogP contribution in [0.25, 0.3) is 0 Å². The molecule has 98 valence electrons. The Bertz CT molecular complexity index is 629. The zero-order valence-electron chi connectivity index (χ0n) is 10.6. The fourth-order valence-corrected chi connectivity index (χ4v) is 3.04. The van der Waals surface area contributed by atoms with Gasteiger partial charge in [-0.3, -0.25) is 9.48 Å². The summed E-state index contributed by atoms with van der Waals surface area (Å²) in [6.45, 7) is 0.972. The molecule has 0 saturated heterocycles. The Morgan fingerprint density at radius 3 is 3.05 bits per heavy atom. The van der Waals surface area contributed by atoms with Crippen molar-refractivity contribution in [3.63, 3.8) is 0 Å². The van der Waals surface area contributed by atoms with E-state index in [9.17, 15) is 4.79 Å². The van der Waals surface area contributed by atoms with Crippen molar-refractivity contribution in [1.29, 1.82) is 0 Å². The summed E-state index contributed by atoms with van der Waals surface area (Å²) in [6.07, 6.45) is 3.66. The van der Waals surface area contributed by atoms with Gasteiger partial charge in [0, 0.05) is 24.8 Å². The van der Waals surface area contributed by atoms with Crippen molar-refractivity contribution in [2.45, 2.75) is 12.8 Å². The monoisotopic (exact) mass is 319 g/mol. The fraction of sp³-hybridized carbons (Fsp3) is 0.286. The smallest absolute Gasteiger partial charge is 0.212 e. The van der Waals surface area contributed by atoms with Gasteiger partial charge in [0.1, 0.15) is 5.69 Å². The topological polar surface area (TPSA) is 46.9 Å². The van der Waals surface area contributed by atoms with Crippen LogP contribution in [0.4, 0.5) is 5.69 Å². The van der Waals surface area contributed by atoms with E-state index in [1.807, 2.05) is 18.2 Å². The highest BCUT2D eigenvalue weighted by molar-refractivity contribution is 9.10. The molecule has 1 N–H and O–H groups in total. The molecule has 4 nitrogen and oxygen atoms in total. The second-order valence-corrected chi connectivity index (χ2v) is 5.51. The van der Waals surface area contributed by atoms with Crippen LogP contribution < -0.4 is 5.32 Å². The van der Waals surface area contributed by atoms with Gasteiger partial charge in [-0.25, -0.2) is 0 Å². The molecule has 5 heteroatoms. The lowest BCUT2D eigenvalue weighted by Gasteiger charge is -2.20. The van der Waals surface area contributed by atoms with Crippen molar-refractivity contribution < 1.29 is 4.79 Å². The van der Waals surface area contributed by atoms with Crippen molar-refractivity contribution in [2.75, 3.05) is 11.9 Å². The second-order valence-electron chi connectivity index (χ2n) is 4.66. The lowest BCUT2D eigenvalue weighted by atomic mass is 9.94. The highest BCUT2D eigenvalue weighted by Gasteiger charge is 2.22. The average Bonchev–Trinajstić information content (AvgIpc) is 2.77. The van der Waals surface area contributed by atoms with E-state index in [0.717, 1.165) is 40.7 Å². The predicted molar refractivity (Wildman–Crippen MR) is 77.6 cm³/mol. The van der Waals surface area contributed by atoms with E-state index >= 15 is 0 Å². The SMILES string of the molecule is Cn1ncc(Br)c1C(=O)c1cccc2c1CCCN2. The third-order valence-electron chi connectivity index (χ3n) is 3.45. The van der Waals surface area contributed by atoms with Crippen molar-refractivity contribution in [3.05, 3.63) is 45.7 Å². The minimum absolute atomic E-state index is 0.0208. The van der Waals surface area contributed by atoms with E-state index < -0.39 is 0 Å². The van der Waals surface area contributed by atoms with Crippen LogP contribution in [0.1, 0.15) is 28.0 Å². The molecule has 0 bridgehead atoms. The summed E-state index contributed by atoms with van der Waals surface area (Å²) in [6, 6.07) is 5.85. The lowest BCUT2D eigenvalue weighted by Crippen LogP contribution is -2.17. The molecule has 0 amide bonds. The Morgan fingerprint density at radius 2 is 2.32 bits per heavy atom. The molecule has 0 aliphatic carbocycles. The number of ketones is 1. The molecular weight excluding hydrogens is 306 g/mol. The van der Waals surface area contributed by atoms with Gasteiger partial charge in [-0.2, -0.15) is 5.10 Å². The first-order valence-corrected chi connectivity index (χ1v) is 7.05. The van der Waals surface area contributed by atoms with Gasteiger partial charge in [-0.1, -0.05) is 12.1 Å². The molecule has 19 heavy (non-hydrogen) atoms. The van der Waals surface area contributed by atoms with Crippen molar-refractivity contribution in [1.82, 2.24) is 9.78 Å². The van der Waals surface area contributed by atoms with Crippen LogP contribution in [0.2, 0.25) is 0 Å². The summed E-state index contributed by atoms with van der Waals surface area (Å²) in [5.74, 6) is 0.0208. The largest absolute Gasteiger partial charge is 0.385 e. The Balaban J connectivity index is 2.10. The normalized spacial score (nSPS) is 13.8. The molecule has 1 aromatic carbocycles. The summed E-state index contributed by atoms with van der Waals surface area (Å²) in [5, 5.41) is 7.45. The second kappa shape index (κ2) is 4.81. The number of anilines is 1. The number of benzene rings is 1. The number of halogens is 1. The first-order chi connectivity index (χ1) is 9.18. The van der Waals surface area contributed by atoms with E-state index in [2.05, 4.69) is 26.3 Å². The molecule has 0 spiro atoms. The minimum Gasteiger partial charge on any atom is -0.385 e. The number of carbonyl (C=O) groups excluding carboxylic acids is 1. The molecule has 2 heterocycles. The number of fused-ring (bicyclic) bond motifs is 1. The molecule has 1 aromatic heterocycles. The highest BCUT2D eigenvalue weighted by Crippen LogP contribution is 2.28. The minimum atomic E-state index is 0.0208. The number of hydrogen-bond donors (Lipinski definition) is 1. The number of aryl methyl sites for hydroxylation is 1. The first kappa shape index (κ1) is 12.4. The highest BCUT2D eigenvalue weighted by atomic mass is 79.9. The maximum absolute atomic E-state index is 12.7. The van der Waals surface area contributed by atoms with Crippen LogP contribution in [-0.2, 0) is 13.5 Å². The zero-order chi connectivity index (χ0) is 13.4. The quantitative estimate of drug-likeness (QED) is 0.866. The summed E-state index contributed by atoms with van der Waals surface area (Å²) >= 11 is 3.39. The molecule has 2 aromatic rings. The van der Waals surface area contributed by atoms with Crippen LogP contribution in [0.3, 0.4) is 0 Å². The van der Waals surface area contributed by atoms with E-state index in [-0.39, 0.29) is 5.78 Å². The fourth-order valence-electron chi connectivity index (χ4n) is 2.52. The van der Waals surface area contributed by atoms with E-state index in [4.69, 9.17) is 0 Å². The number of aromatic nitrogens is 2. The van der Waals surface area contributed by atoms with Gasteiger partial charge in [0.25, 0.3) is 0 Å². The molecular formula is C14H14BrN3O. The predicted octanol–water partition coefficient (Wildman–Crippen LogP) is 2.77. The summed E-state index contributed by atoms with van der Waals surface area (Å²) in [7, 11) is 1.78. The summed E-state index contributed by atoms with van der Waals surface area (Å²) in [5.41, 5.74) is 3.57. The number of nitrogens with zero attached hydrogens (tertiary/aromatic N) is 2. The summed E-state index contributed by atoms with van der Waals surface area (Å²) in [4.78, 5) is 12.7. The maximum Gasteiger partial charge on any atom is 0.212 e. The van der Waals surface area contributed by atoms with Crippen LogP contribution in [0, 0.1) is 0 Å². The number of hydrogen-bond acceptors (Lipinski definition) is 3. The molecule has 3 rings (SSSR count). The first-order valence-electron chi connectivity index (χ1n) is 6.26. The van der Waals surface area contributed by atoms with Gasteiger partial charge in [-0.15, -0.1) is 0 Å². The molecule has 0 saturated carbocycles.